The molecule has 116 valence electrons. The number of benzene rings is 1. The highest BCUT2D eigenvalue weighted by Crippen LogP contribution is 2.22. The van der Waals surface area contributed by atoms with E-state index in [0.717, 1.165) is 25.7 Å². The zero-order valence-electron chi connectivity index (χ0n) is 13.5. The second kappa shape index (κ2) is 7.60. The normalized spacial score (nSPS) is 20.3. The van der Waals surface area contributed by atoms with E-state index in [4.69, 9.17) is 0 Å². The van der Waals surface area contributed by atoms with Crippen molar-refractivity contribution in [2.24, 2.45) is 5.92 Å². The van der Waals surface area contributed by atoms with Crippen molar-refractivity contribution in [3.63, 3.8) is 0 Å². The Morgan fingerprint density at radius 1 is 1.24 bits per heavy atom. The van der Waals surface area contributed by atoms with E-state index in [2.05, 4.69) is 50.4 Å². The van der Waals surface area contributed by atoms with E-state index in [1.165, 1.54) is 5.56 Å². The molecule has 0 bridgehead atoms. The van der Waals surface area contributed by atoms with Gasteiger partial charge in [-0.25, -0.2) is 0 Å². The number of nitrogens with zero attached hydrogens (tertiary/aromatic N) is 1. The number of hydrogen-bond acceptors (Lipinski definition) is 2. The fraction of sp³-hybridized carbons (Fsp3) is 0.611. The highest BCUT2D eigenvalue weighted by molar-refractivity contribution is 5.84. The van der Waals surface area contributed by atoms with Gasteiger partial charge in [-0.15, -0.1) is 0 Å². The van der Waals surface area contributed by atoms with Crippen molar-refractivity contribution in [1.82, 2.24) is 10.2 Å². The first-order valence-electron chi connectivity index (χ1n) is 8.25. The third-order valence-corrected chi connectivity index (χ3v) is 4.88. The number of carbonyl (C=O) groups excluding carboxylic acids is 1. The van der Waals surface area contributed by atoms with Crippen molar-refractivity contribution in [1.29, 1.82) is 0 Å². The lowest BCUT2D eigenvalue weighted by Crippen LogP contribution is -2.41. The van der Waals surface area contributed by atoms with Gasteiger partial charge in [-0.3, -0.25) is 10.1 Å². The van der Waals surface area contributed by atoms with Crippen molar-refractivity contribution in [2.45, 2.75) is 58.5 Å². The molecule has 2 unspecified atom stereocenters. The number of rotatable bonds is 7. The largest absolute Gasteiger partial charge is 0.326 e. The van der Waals surface area contributed by atoms with Crippen LogP contribution in [0.15, 0.2) is 30.3 Å². The second-order valence-corrected chi connectivity index (χ2v) is 6.06. The van der Waals surface area contributed by atoms with E-state index >= 15 is 0 Å². The summed E-state index contributed by atoms with van der Waals surface area (Å²) in [5.74, 6) is 0.883. The molecule has 2 atom stereocenters. The number of hydrogen-bond donors (Lipinski definition) is 1. The Balaban J connectivity index is 1.89. The molecule has 1 aliphatic rings. The Bertz CT molecular complexity index is 442. The molecular weight excluding hydrogens is 260 g/mol. The minimum atomic E-state index is -0.0120. The van der Waals surface area contributed by atoms with Gasteiger partial charge in [0.15, 0.2) is 0 Å². The molecule has 1 aliphatic heterocycles. The highest BCUT2D eigenvalue weighted by atomic mass is 16.2. The topological polar surface area (TPSA) is 32.3 Å². The molecule has 0 aromatic heterocycles. The van der Waals surface area contributed by atoms with Crippen molar-refractivity contribution in [3.8, 4) is 0 Å². The van der Waals surface area contributed by atoms with Crippen LogP contribution in [0.1, 0.15) is 45.6 Å². The minimum absolute atomic E-state index is 0.0120. The average Bonchev–Trinajstić information content (AvgIpc) is 2.88. The number of carbonyl (C=O) groups is 1. The fourth-order valence-electron chi connectivity index (χ4n) is 3.33. The number of aryl methyl sites for hydroxylation is 1. The summed E-state index contributed by atoms with van der Waals surface area (Å²) >= 11 is 0. The lowest BCUT2D eigenvalue weighted by molar-refractivity contribution is -0.131. The number of nitrogens with one attached hydrogen (secondary N) is 1. The van der Waals surface area contributed by atoms with Gasteiger partial charge in [0.1, 0.15) is 0 Å². The highest BCUT2D eigenvalue weighted by Gasteiger charge is 2.35. The molecular formula is C18H28N2O. The lowest BCUT2D eigenvalue weighted by atomic mass is 9.94. The third kappa shape index (κ3) is 3.85. The van der Waals surface area contributed by atoms with E-state index < -0.39 is 0 Å². The van der Waals surface area contributed by atoms with Crippen LogP contribution in [0.4, 0.5) is 0 Å². The summed E-state index contributed by atoms with van der Waals surface area (Å²) < 4.78 is 0. The maximum atomic E-state index is 12.6. The molecule has 3 nitrogen and oxygen atoms in total. The van der Waals surface area contributed by atoms with Crippen LogP contribution in [-0.4, -0.2) is 29.6 Å². The molecule has 1 aromatic rings. The first-order valence-corrected chi connectivity index (χ1v) is 8.25. The summed E-state index contributed by atoms with van der Waals surface area (Å²) in [6.45, 7) is 7.32. The van der Waals surface area contributed by atoms with Crippen LogP contribution in [0.2, 0.25) is 0 Å². The van der Waals surface area contributed by atoms with Crippen LogP contribution in [0.3, 0.4) is 0 Å². The van der Waals surface area contributed by atoms with Crippen LogP contribution in [0.5, 0.6) is 0 Å². The molecule has 0 saturated carbocycles. The standard InChI is InChI=1S/C18H28N2O/c1-4-16(5-2)14(3)20-13-19-17(18(20)21)12-11-15-9-7-6-8-10-15/h6-10,14,16-17,19H,4-5,11-13H2,1-3H3. The van der Waals surface area contributed by atoms with Gasteiger partial charge in [-0.05, 0) is 31.2 Å². The molecule has 1 amide bonds. The lowest BCUT2D eigenvalue weighted by Gasteiger charge is -2.30. The average molecular weight is 288 g/mol. The smallest absolute Gasteiger partial charge is 0.241 e. The maximum absolute atomic E-state index is 12.6. The van der Waals surface area contributed by atoms with Crippen molar-refractivity contribution in [3.05, 3.63) is 35.9 Å². The first kappa shape index (κ1) is 16.0. The van der Waals surface area contributed by atoms with Gasteiger partial charge >= 0.3 is 0 Å². The van der Waals surface area contributed by atoms with Crippen LogP contribution in [0.25, 0.3) is 0 Å². The summed E-state index contributed by atoms with van der Waals surface area (Å²) in [4.78, 5) is 14.6. The summed E-state index contributed by atoms with van der Waals surface area (Å²) in [7, 11) is 0. The van der Waals surface area contributed by atoms with E-state index in [1.54, 1.807) is 0 Å². The Kier molecular flexibility index (Phi) is 5.80. The fourth-order valence-corrected chi connectivity index (χ4v) is 3.33. The van der Waals surface area contributed by atoms with Gasteiger partial charge in [0.25, 0.3) is 0 Å². The van der Waals surface area contributed by atoms with E-state index in [-0.39, 0.29) is 11.9 Å². The zero-order chi connectivity index (χ0) is 15.2. The quantitative estimate of drug-likeness (QED) is 0.835. The van der Waals surface area contributed by atoms with Crippen LogP contribution >= 0.6 is 0 Å². The summed E-state index contributed by atoms with van der Waals surface area (Å²) in [5, 5.41) is 3.39. The maximum Gasteiger partial charge on any atom is 0.241 e. The van der Waals surface area contributed by atoms with Gasteiger partial charge in [0, 0.05) is 6.04 Å². The second-order valence-electron chi connectivity index (χ2n) is 6.06. The summed E-state index contributed by atoms with van der Waals surface area (Å²) in [5.41, 5.74) is 1.30. The van der Waals surface area contributed by atoms with Gasteiger partial charge in [0.2, 0.25) is 5.91 Å². The summed E-state index contributed by atoms with van der Waals surface area (Å²) in [6, 6.07) is 10.7. The van der Waals surface area contributed by atoms with Crippen LogP contribution in [0, 0.1) is 5.92 Å². The van der Waals surface area contributed by atoms with Crippen molar-refractivity contribution >= 4 is 5.91 Å². The van der Waals surface area contributed by atoms with Gasteiger partial charge in [-0.1, -0.05) is 57.0 Å². The molecule has 1 heterocycles. The summed E-state index contributed by atoms with van der Waals surface area (Å²) in [6.07, 6.45) is 4.11. The molecule has 1 saturated heterocycles. The van der Waals surface area contributed by atoms with Gasteiger partial charge in [-0.2, -0.15) is 0 Å². The Morgan fingerprint density at radius 3 is 2.52 bits per heavy atom. The van der Waals surface area contributed by atoms with Gasteiger partial charge in [0.05, 0.1) is 12.7 Å². The molecule has 0 aliphatic carbocycles. The molecule has 1 fully saturated rings. The van der Waals surface area contributed by atoms with Crippen molar-refractivity contribution < 1.29 is 4.79 Å². The Hall–Kier alpha value is -1.35. The van der Waals surface area contributed by atoms with E-state index in [9.17, 15) is 4.79 Å². The first-order chi connectivity index (χ1) is 10.2. The molecule has 0 spiro atoms. The predicted molar refractivity (Wildman–Crippen MR) is 86.9 cm³/mol. The molecule has 2 rings (SSSR count). The molecule has 0 radical (unpaired) electrons. The molecule has 3 heteroatoms. The minimum Gasteiger partial charge on any atom is -0.326 e. The van der Waals surface area contributed by atoms with Crippen LogP contribution < -0.4 is 5.32 Å². The SMILES string of the molecule is CCC(CC)C(C)N1CNC(CCc2ccccc2)C1=O. The zero-order valence-corrected chi connectivity index (χ0v) is 13.5. The Labute approximate surface area is 128 Å². The third-order valence-electron chi connectivity index (χ3n) is 4.88. The monoisotopic (exact) mass is 288 g/mol. The van der Waals surface area contributed by atoms with E-state index in [1.807, 2.05) is 11.0 Å². The predicted octanol–water partition coefficient (Wildman–Crippen LogP) is 3.20. The molecule has 21 heavy (non-hydrogen) atoms. The number of amides is 1. The molecule has 1 N–H and O–H groups in total. The van der Waals surface area contributed by atoms with E-state index in [0.29, 0.717) is 18.6 Å². The van der Waals surface area contributed by atoms with Crippen LogP contribution in [-0.2, 0) is 11.2 Å². The van der Waals surface area contributed by atoms with Crippen molar-refractivity contribution in [2.75, 3.05) is 6.67 Å². The molecule has 1 aromatic carbocycles. The Morgan fingerprint density at radius 2 is 1.90 bits per heavy atom. The van der Waals surface area contributed by atoms with Gasteiger partial charge < -0.3 is 4.90 Å².